The van der Waals surface area contributed by atoms with E-state index in [4.69, 9.17) is 9.84 Å². The van der Waals surface area contributed by atoms with Crippen LogP contribution < -0.4 is 4.74 Å². The van der Waals surface area contributed by atoms with Crippen LogP contribution in [0.25, 0.3) is 0 Å². The molecular formula is C15H19NO3. The first kappa shape index (κ1) is 15.0. The maximum Gasteiger partial charge on any atom is 0.303 e. The minimum atomic E-state index is -0.890. The van der Waals surface area contributed by atoms with Gasteiger partial charge in [-0.2, -0.15) is 5.26 Å². The lowest BCUT2D eigenvalue weighted by Crippen LogP contribution is -2.04. The molecule has 1 unspecified atom stereocenters. The largest absolute Gasteiger partial charge is 0.496 e. The first-order valence-electron chi connectivity index (χ1n) is 6.28. The van der Waals surface area contributed by atoms with Gasteiger partial charge in [0.1, 0.15) is 5.75 Å². The number of nitriles is 1. The van der Waals surface area contributed by atoms with Crippen LogP contribution >= 0.6 is 0 Å². The molecule has 0 saturated heterocycles. The summed E-state index contributed by atoms with van der Waals surface area (Å²) in [7, 11) is 1.56. The molecule has 1 aromatic carbocycles. The van der Waals surface area contributed by atoms with E-state index in [9.17, 15) is 10.1 Å². The number of ether oxygens (including phenoxy) is 1. The van der Waals surface area contributed by atoms with Crippen LogP contribution in [0.5, 0.6) is 5.75 Å². The van der Waals surface area contributed by atoms with Crippen molar-refractivity contribution in [2.75, 3.05) is 7.11 Å². The van der Waals surface area contributed by atoms with Crippen LogP contribution in [0.1, 0.15) is 49.7 Å². The summed E-state index contributed by atoms with van der Waals surface area (Å²) in [6, 6.07) is 7.93. The smallest absolute Gasteiger partial charge is 0.303 e. The Morgan fingerprint density at radius 2 is 2.16 bits per heavy atom. The van der Waals surface area contributed by atoms with E-state index in [1.165, 1.54) is 0 Å². The fourth-order valence-corrected chi connectivity index (χ4v) is 1.94. The third kappa shape index (κ3) is 3.99. The van der Waals surface area contributed by atoms with Gasteiger partial charge >= 0.3 is 5.97 Å². The van der Waals surface area contributed by atoms with Crippen molar-refractivity contribution in [3.63, 3.8) is 0 Å². The molecule has 4 heteroatoms. The summed E-state index contributed by atoms with van der Waals surface area (Å²) in [6.07, 6.45) is 0.275. The standard InChI is InChI=1S/C15H19NO3/c1-10(2)11-4-6-14(19-3)13(8-11)12(9-16)5-7-15(17)18/h4,6,8,10,12H,5,7H2,1-3H3,(H,17,18). The lowest BCUT2D eigenvalue weighted by Gasteiger charge is -2.16. The van der Waals surface area contributed by atoms with Crippen molar-refractivity contribution >= 4 is 5.97 Å². The third-order valence-electron chi connectivity index (χ3n) is 3.10. The molecule has 0 aliphatic rings. The van der Waals surface area contributed by atoms with Gasteiger partial charge in [0.25, 0.3) is 0 Å². The number of hydrogen-bond donors (Lipinski definition) is 1. The second-order valence-electron chi connectivity index (χ2n) is 4.77. The fraction of sp³-hybridized carbons (Fsp3) is 0.467. The average molecular weight is 261 g/mol. The van der Waals surface area contributed by atoms with E-state index in [-0.39, 0.29) is 6.42 Å². The Hall–Kier alpha value is -2.02. The maximum absolute atomic E-state index is 10.6. The van der Waals surface area contributed by atoms with E-state index >= 15 is 0 Å². The predicted octanol–water partition coefficient (Wildman–Crippen LogP) is 3.29. The van der Waals surface area contributed by atoms with Crippen LogP contribution in [0.2, 0.25) is 0 Å². The number of hydrogen-bond acceptors (Lipinski definition) is 3. The number of aliphatic carboxylic acids is 1. The number of carbonyl (C=O) groups is 1. The highest BCUT2D eigenvalue weighted by molar-refractivity contribution is 5.66. The SMILES string of the molecule is COc1ccc(C(C)C)cc1C(C#N)CCC(=O)O. The summed E-state index contributed by atoms with van der Waals surface area (Å²) in [5.41, 5.74) is 1.89. The Bertz CT molecular complexity index is 489. The van der Waals surface area contributed by atoms with E-state index in [0.29, 0.717) is 18.1 Å². The Kier molecular flexibility index (Phi) is 5.37. The lowest BCUT2D eigenvalue weighted by molar-refractivity contribution is -0.137. The summed E-state index contributed by atoms with van der Waals surface area (Å²) < 4.78 is 5.27. The molecule has 0 spiro atoms. The van der Waals surface area contributed by atoms with Crippen molar-refractivity contribution in [1.82, 2.24) is 0 Å². The highest BCUT2D eigenvalue weighted by Crippen LogP contribution is 2.32. The van der Waals surface area contributed by atoms with Gasteiger partial charge in [-0.3, -0.25) is 4.79 Å². The Morgan fingerprint density at radius 1 is 1.47 bits per heavy atom. The number of carboxylic acid groups (broad SMARTS) is 1. The van der Waals surface area contributed by atoms with Crippen molar-refractivity contribution in [3.05, 3.63) is 29.3 Å². The molecule has 0 amide bonds. The average Bonchev–Trinajstić information content (AvgIpc) is 2.38. The zero-order valence-electron chi connectivity index (χ0n) is 11.5. The van der Waals surface area contributed by atoms with Gasteiger partial charge in [-0.1, -0.05) is 26.0 Å². The molecule has 0 bridgehead atoms. The van der Waals surface area contributed by atoms with Crippen molar-refractivity contribution in [1.29, 1.82) is 5.26 Å². The van der Waals surface area contributed by atoms with Crippen LogP contribution in [0.3, 0.4) is 0 Å². The molecule has 0 heterocycles. The van der Waals surface area contributed by atoms with Crippen LogP contribution in [0, 0.1) is 11.3 Å². The maximum atomic E-state index is 10.6. The number of benzene rings is 1. The zero-order valence-corrected chi connectivity index (χ0v) is 11.5. The van der Waals surface area contributed by atoms with E-state index < -0.39 is 11.9 Å². The topological polar surface area (TPSA) is 70.3 Å². The first-order chi connectivity index (χ1) is 8.99. The Labute approximate surface area is 113 Å². The van der Waals surface area contributed by atoms with Crippen LogP contribution in [0.4, 0.5) is 0 Å². The van der Waals surface area contributed by atoms with Crippen LogP contribution in [-0.4, -0.2) is 18.2 Å². The number of nitrogens with zero attached hydrogens (tertiary/aromatic N) is 1. The lowest BCUT2D eigenvalue weighted by atomic mass is 9.91. The van der Waals surface area contributed by atoms with Crippen LogP contribution in [-0.2, 0) is 4.79 Å². The van der Waals surface area contributed by atoms with Crippen molar-refractivity contribution < 1.29 is 14.6 Å². The van der Waals surface area contributed by atoms with E-state index in [1.54, 1.807) is 7.11 Å². The van der Waals surface area contributed by atoms with Gasteiger partial charge in [-0.15, -0.1) is 0 Å². The molecule has 0 aliphatic carbocycles. The summed E-state index contributed by atoms with van der Waals surface area (Å²) in [4.78, 5) is 10.6. The number of methoxy groups -OCH3 is 1. The molecule has 4 nitrogen and oxygen atoms in total. The highest BCUT2D eigenvalue weighted by Gasteiger charge is 2.18. The molecular weight excluding hydrogens is 242 g/mol. The second kappa shape index (κ2) is 6.79. The molecule has 0 aromatic heterocycles. The summed E-state index contributed by atoms with van der Waals surface area (Å²) in [6.45, 7) is 4.15. The third-order valence-corrected chi connectivity index (χ3v) is 3.10. The molecule has 19 heavy (non-hydrogen) atoms. The van der Waals surface area contributed by atoms with Crippen LogP contribution in [0.15, 0.2) is 18.2 Å². The van der Waals surface area contributed by atoms with Crippen molar-refractivity contribution in [2.45, 2.75) is 38.5 Å². The van der Waals surface area contributed by atoms with Gasteiger partial charge in [0.05, 0.1) is 19.1 Å². The molecule has 102 valence electrons. The van der Waals surface area contributed by atoms with E-state index in [1.807, 2.05) is 18.2 Å². The van der Waals surface area contributed by atoms with Gasteiger partial charge in [-0.25, -0.2) is 0 Å². The molecule has 1 N–H and O–H groups in total. The Balaban J connectivity index is 3.09. The molecule has 1 aromatic rings. The summed E-state index contributed by atoms with van der Waals surface area (Å²) >= 11 is 0. The molecule has 1 atom stereocenters. The molecule has 0 aliphatic heterocycles. The zero-order chi connectivity index (χ0) is 14.4. The normalized spacial score (nSPS) is 11.9. The second-order valence-corrected chi connectivity index (χ2v) is 4.77. The fourth-order valence-electron chi connectivity index (χ4n) is 1.94. The highest BCUT2D eigenvalue weighted by atomic mass is 16.5. The van der Waals surface area contributed by atoms with Gasteiger partial charge in [-0.05, 0) is 24.0 Å². The monoisotopic (exact) mass is 261 g/mol. The number of rotatable bonds is 6. The van der Waals surface area contributed by atoms with Crippen molar-refractivity contribution in [2.24, 2.45) is 0 Å². The summed E-state index contributed by atoms with van der Waals surface area (Å²) in [5, 5.41) is 18.0. The summed E-state index contributed by atoms with van der Waals surface area (Å²) in [5.74, 6) is -0.353. The van der Waals surface area contributed by atoms with E-state index in [0.717, 1.165) is 11.1 Å². The Morgan fingerprint density at radius 3 is 2.63 bits per heavy atom. The quantitative estimate of drug-likeness (QED) is 0.853. The molecule has 0 fully saturated rings. The minimum absolute atomic E-state index is 0.0205. The number of carboxylic acids is 1. The molecule has 0 saturated carbocycles. The van der Waals surface area contributed by atoms with Gasteiger partial charge in [0, 0.05) is 12.0 Å². The predicted molar refractivity (Wildman–Crippen MR) is 72.3 cm³/mol. The van der Waals surface area contributed by atoms with Gasteiger partial charge < -0.3 is 9.84 Å². The van der Waals surface area contributed by atoms with Gasteiger partial charge in [0.2, 0.25) is 0 Å². The first-order valence-corrected chi connectivity index (χ1v) is 6.28. The minimum Gasteiger partial charge on any atom is -0.496 e. The molecule has 1 rings (SSSR count). The van der Waals surface area contributed by atoms with Gasteiger partial charge in [0.15, 0.2) is 0 Å². The molecule has 0 radical (unpaired) electrons. The van der Waals surface area contributed by atoms with E-state index in [2.05, 4.69) is 19.9 Å². The van der Waals surface area contributed by atoms with Crippen molar-refractivity contribution in [3.8, 4) is 11.8 Å².